The van der Waals surface area contributed by atoms with Gasteiger partial charge in [0, 0.05) is 31.1 Å². The number of pyridine rings is 1. The molecule has 0 saturated heterocycles. The van der Waals surface area contributed by atoms with Crippen LogP contribution in [0.2, 0.25) is 0 Å². The molecule has 0 aliphatic heterocycles. The van der Waals surface area contributed by atoms with Crippen molar-refractivity contribution >= 4 is 5.69 Å². The van der Waals surface area contributed by atoms with E-state index in [1.165, 1.54) is 0 Å². The van der Waals surface area contributed by atoms with Crippen molar-refractivity contribution in [3.63, 3.8) is 0 Å². The van der Waals surface area contributed by atoms with Crippen LogP contribution in [0.25, 0.3) is 0 Å². The van der Waals surface area contributed by atoms with E-state index in [0.717, 1.165) is 17.1 Å². The highest BCUT2D eigenvalue weighted by Crippen LogP contribution is 2.09. The molecule has 0 radical (unpaired) electrons. The van der Waals surface area contributed by atoms with Crippen LogP contribution in [0.4, 0.5) is 5.69 Å². The molecule has 102 valence electrons. The van der Waals surface area contributed by atoms with E-state index in [4.69, 9.17) is 9.15 Å². The molecule has 0 atom stereocenters. The fraction of sp³-hybridized carbons (Fsp3) is 0.357. The van der Waals surface area contributed by atoms with Crippen LogP contribution in [0.5, 0.6) is 0 Å². The monoisotopic (exact) mass is 262 g/mol. The third-order valence-corrected chi connectivity index (χ3v) is 2.90. The molecule has 0 saturated carbocycles. The van der Waals surface area contributed by atoms with Crippen molar-refractivity contribution in [2.75, 3.05) is 19.0 Å². The Hall–Kier alpha value is -2.01. The summed E-state index contributed by atoms with van der Waals surface area (Å²) < 4.78 is 11.9. The fourth-order valence-corrected chi connectivity index (χ4v) is 1.90. The highest BCUT2D eigenvalue weighted by atomic mass is 16.5. The molecule has 0 fully saturated rings. The minimum absolute atomic E-state index is 0.0287. The molecule has 0 aromatic carbocycles. The maximum atomic E-state index is 12.0. The molecule has 0 bridgehead atoms. The highest BCUT2D eigenvalue weighted by molar-refractivity contribution is 5.43. The van der Waals surface area contributed by atoms with E-state index in [2.05, 4.69) is 5.32 Å². The SMILES string of the molecule is COCCn1c(C)cc(NCc2ccco2)cc1=O. The molecule has 2 rings (SSSR count). The van der Waals surface area contributed by atoms with Gasteiger partial charge in [-0.05, 0) is 25.1 Å². The summed E-state index contributed by atoms with van der Waals surface area (Å²) in [5, 5.41) is 3.17. The van der Waals surface area contributed by atoms with E-state index in [9.17, 15) is 4.79 Å². The molecular formula is C14H18N2O3. The maximum absolute atomic E-state index is 12.0. The molecule has 0 unspecified atom stereocenters. The van der Waals surface area contributed by atoms with E-state index >= 15 is 0 Å². The van der Waals surface area contributed by atoms with E-state index < -0.39 is 0 Å². The zero-order valence-corrected chi connectivity index (χ0v) is 11.2. The molecule has 19 heavy (non-hydrogen) atoms. The smallest absolute Gasteiger partial charge is 0.252 e. The molecular weight excluding hydrogens is 244 g/mol. The predicted molar refractivity (Wildman–Crippen MR) is 73.3 cm³/mol. The van der Waals surface area contributed by atoms with Gasteiger partial charge in [-0.3, -0.25) is 4.79 Å². The standard InChI is InChI=1S/C14H18N2O3/c1-11-8-12(15-10-13-4-3-6-19-13)9-14(17)16(11)5-7-18-2/h3-4,6,8-9,15H,5,7,10H2,1-2H3. The predicted octanol–water partition coefficient (Wildman–Crippen LogP) is 2.01. The van der Waals surface area contributed by atoms with Crippen LogP contribution in [-0.2, 0) is 17.8 Å². The van der Waals surface area contributed by atoms with Crippen molar-refractivity contribution in [3.8, 4) is 0 Å². The van der Waals surface area contributed by atoms with Gasteiger partial charge in [-0.2, -0.15) is 0 Å². The van der Waals surface area contributed by atoms with Crippen molar-refractivity contribution in [2.45, 2.75) is 20.0 Å². The Balaban J connectivity index is 2.08. The molecule has 0 aliphatic carbocycles. The molecule has 5 heteroatoms. The molecule has 0 spiro atoms. The van der Waals surface area contributed by atoms with E-state index in [1.54, 1.807) is 24.0 Å². The van der Waals surface area contributed by atoms with Gasteiger partial charge in [-0.25, -0.2) is 0 Å². The van der Waals surface area contributed by atoms with Gasteiger partial charge in [0.05, 0.1) is 19.4 Å². The first kappa shape index (κ1) is 13.4. The first-order valence-electron chi connectivity index (χ1n) is 6.17. The Morgan fingerprint density at radius 2 is 2.26 bits per heavy atom. The summed E-state index contributed by atoms with van der Waals surface area (Å²) >= 11 is 0. The number of furan rings is 1. The lowest BCUT2D eigenvalue weighted by Gasteiger charge is -2.12. The number of nitrogens with one attached hydrogen (secondary N) is 1. The largest absolute Gasteiger partial charge is 0.467 e. The summed E-state index contributed by atoms with van der Waals surface area (Å²) in [5.41, 5.74) is 1.68. The highest BCUT2D eigenvalue weighted by Gasteiger charge is 2.04. The van der Waals surface area contributed by atoms with Gasteiger partial charge in [0.25, 0.3) is 5.56 Å². The van der Waals surface area contributed by atoms with E-state index in [0.29, 0.717) is 19.7 Å². The second kappa shape index (κ2) is 6.24. The minimum atomic E-state index is -0.0287. The number of nitrogens with zero attached hydrogens (tertiary/aromatic N) is 1. The lowest BCUT2D eigenvalue weighted by atomic mass is 10.3. The number of ether oxygens (including phenoxy) is 1. The summed E-state index contributed by atoms with van der Waals surface area (Å²) in [6.07, 6.45) is 1.63. The number of methoxy groups -OCH3 is 1. The van der Waals surface area contributed by atoms with Crippen molar-refractivity contribution < 1.29 is 9.15 Å². The minimum Gasteiger partial charge on any atom is -0.467 e. The summed E-state index contributed by atoms with van der Waals surface area (Å²) in [4.78, 5) is 12.0. The first-order chi connectivity index (χ1) is 9.20. The third kappa shape index (κ3) is 3.48. The Morgan fingerprint density at radius 3 is 2.89 bits per heavy atom. The van der Waals surface area contributed by atoms with Gasteiger partial charge in [-0.1, -0.05) is 0 Å². The van der Waals surface area contributed by atoms with Crippen molar-refractivity contribution in [1.82, 2.24) is 4.57 Å². The molecule has 0 amide bonds. The van der Waals surface area contributed by atoms with Gasteiger partial charge in [0.15, 0.2) is 0 Å². The first-order valence-corrected chi connectivity index (χ1v) is 6.17. The van der Waals surface area contributed by atoms with Crippen LogP contribution in [0.15, 0.2) is 39.7 Å². The average molecular weight is 262 g/mol. The maximum Gasteiger partial charge on any atom is 0.252 e. The van der Waals surface area contributed by atoms with Crippen LogP contribution >= 0.6 is 0 Å². The second-order valence-electron chi connectivity index (χ2n) is 4.30. The fourth-order valence-electron chi connectivity index (χ4n) is 1.90. The molecule has 5 nitrogen and oxygen atoms in total. The quantitative estimate of drug-likeness (QED) is 0.865. The third-order valence-electron chi connectivity index (χ3n) is 2.90. The lowest BCUT2D eigenvalue weighted by Crippen LogP contribution is -2.24. The van der Waals surface area contributed by atoms with E-state index in [1.807, 2.05) is 25.1 Å². The van der Waals surface area contributed by atoms with Crippen LogP contribution < -0.4 is 10.9 Å². The summed E-state index contributed by atoms with van der Waals surface area (Å²) in [6.45, 7) is 3.57. The second-order valence-corrected chi connectivity index (χ2v) is 4.30. The topological polar surface area (TPSA) is 56.4 Å². The van der Waals surface area contributed by atoms with Gasteiger partial charge in [0.1, 0.15) is 5.76 Å². The number of aromatic nitrogens is 1. The molecule has 2 heterocycles. The van der Waals surface area contributed by atoms with Crippen LogP contribution in [0, 0.1) is 6.92 Å². The lowest BCUT2D eigenvalue weighted by molar-refractivity contribution is 0.185. The van der Waals surface area contributed by atoms with E-state index in [-0.39, 0.29) is 5.56 Å². The zero-order chi connectivity index (χ0) is 13.7. The molecule has 2 aromatic rings. The number of anilines is 1. The summed E-state index contributed by atoms with van der Waals surface area (Å²) in [5.74, 6) is 0.834. The molecule has 2 aromatic heterocycles. The van der Waals surface area contributed by atoms with Gasteiger partial charge in [-0.15, -0.1) is 0 Å². The Morgan fingerprint density at radius 1 is 1.42 bits per heavy atom. The Bertz CT molecular complexity index is 573. The number of hydrogen-bond acceptors (Lipinski definition) is 4. The number of aryl methyl sites for hydroxylation is 1. The van der Waals surface area contributed by atoms with Gasteiger partial charge < -0.3 is 19.0 Å². The summed E-state index contributed by atoms with van der Waals surface area (Å²) in [7, 11) is 1.62. The van der Waals surface area contributed by atoms with Crippen molar-refractivity contribution in [3.05, 3.63) is 52.3 Å². The average Bonchev–Trinajstić information content (AvgIpc) is 2.88. The van der Waals surface area contributed by atoms with Crippen molar-refractivity contribution in [1.29, 1.82) is 0 Å². The van der Waals surface area contributed by atoms with Crippen LogP contribution in [0.3, 0.4) is 0 Å². The summed E-state index contributed by atoms with van der Waals surface area (Å²) in [6, 6.07) is 7.26. The van der Waals surface area contributed by atoms with Gasteiger partial charge >= 0.3 is 0 Å². The molecule has 1 N–H and O–H groups in total. The Labute approximate surface area is 111 Å². The van der Waals surface area contributed by atoms with Crippen molar-refractivity contribution in [2.24, 2.45) is 0 Å². The van der Waals surface area contributed by atoms with Crippen LogP contribution in [0.1, 0.15) is 11.5 Å². The number of rotatable bonds is 6. The number of hydrogen-bond donors (Lipinski definition) is 1. The normalized spacial score (nSPS) is 10.6. The zero-order valence-electron chi connectivity index (χ0n) is 11.2. The van der Waals surface area contributed by atoms with Gasteiger partial charge in [0.2, 0.25) is 0 Å². The Kier molecular flexibility index (Phi) is 4.41. The van der Waals surface area contributed by atoms with Crippen LogP contribution in [-0.4, -0.2) is 18.3 Å². The molecule has 0 aliphatic rings.